The number of ketones is 2. The minimum atomic E-state index is -1.66. The Morgan fingerprint density at radius 2 is 1.85 bits per heavy atom. The zero-order valence-electron chi connectivity index (χ0n) is 21.1. The average molecular weight is 481 g/mol. The van der Waals surface area contributed by atoms with Crippen molar-refractivity contribution < 1.29 is 33.7 Å². The molecule has 0 aromatic heterocycles. The Balaban J connectivity index is 1.74. The molecule has 0 saturated heterocycles. The number of carbonyl (C=O) groups is 3. The summed E-state index contributed by atoms with van der Waals surface area (Å²) in [6.45, 7) is 6.89. The number of unbranched alkanes of at least 4 members (excludes halogenated alkanes) is 1. The molecule has 192 valence electrons. The minimum Gasteiger partial charge on any atom is -0.450 e. The zero-order valence-corrected chi connectivity index (χ0v) is 21.1. The molecule has 4 aliphatic carbocycles. The number of Topliss-reactive ketones (excluding diaryl/α,β-unsaturated/α-hetero) is 2. The van der Waals surface area contributed by atoms with Crippen LogP contribution in [0.2, 0.25) is 0 Å². The average Bonchev–Trinajstić information content (AvgIpc) is 3.01. The van der Waals surface area contributed by atoms with Gasteiger partial charge in [-0.3, -0.25) is 14.4 Å². The lowest BCUT2D eigenvalue weighted by atomic mass is 9.42. The number of hydrogen-bond donors (Lipinski definition) is 2. The summed E-state index contributed by atoms with van der Waals surface area (Å²) in [4.78, 5) is 38.3. The second-order valence-corrected chi connectivity index (χ2v) is 12.0. The van der Waals surface area contributed by atoms with E-state index in [1.807, 2.05) is 27.7 Å². The van der Waals surface area contributed by atoms with Crippen LogP contribution in [0.3, 0.4) is 0 Å². The predicted octanol–water partition coefficient (Wildman–Crippen LogP) is 3.94. The second-order valence-electron chi connectivity index (χ2n) is 12.0. The first-order valence-electron chi connectivity index (χ1n) is 13.2. The molecule has 2 N–H and O–H groups in total. The van der Waals surface area contributed by atoms with E-state index in [-0.39, 0.29) is 42.8 Å². The number of alkyl halides is 1. The van der Waals surface area contributed by atoms with Gasteiger partial charge in [-0.25, -0.2) is 4.39 Å². The number of esters is 1. The summed E-state index contributed by atoms with van der Waals surface area (Å²) in [6.07, 6.45) is 3.20. The maximum atomic E-state index is 17.3. The third-order valence-electron chi connectivity index (χ3n) is 10.8. The highest BCUT2D eigenvalue weighted by molar-refractivity contribution is 5.92. The summed E-state index contributed by atoms with van der Waals surface area (Å²) < 4.78 is 23.4. The molecule has 0 bridgehead atoms. The van der Waals surface area contributed by atoms with Gasteiger partial charge in [0.15, 0.2) is 5.60 Å². The first-order valence-corrected chi connectivity index (χ1v) is 13.2. The summed E-state index contributed by atoms with van der Waals surface area (Å²) in [7, 11) is 0. The van der Waals surface area contributed by atoms with E-state index in [2.05, 4.69) is 0 Å². The van der Waals surface area contributed by atoms with Crippen LogP contribution in [-0.4, -0.2) is 51.7 Å². The molecule has 4 aliphatic rings. The van der Waals surface area contributed by atoms with Crippen LogP contribution >= 0.6 is 0 Å². The van der Waals surface area contributed by atoms with Crippen LogP contribution < -0.4 is 0 Å². The van der Waals surface area contributed by atoms with Crippen molar-refractivity contribution in [2.45, 2.75) is 109 Å². The van der Waals surface area contributed by atoms with Crippen molar-refractivity contribution in [2.24, 2.45) is 34.5 Å². The Morgan fingerprint density at radius 1 is 1.15 bits per heavy atom. The highest BCUT2D eigenvalue weighted by Crippen LogP contribution is 2.72. The molecule has 0 radical (unpaired) electrons. The van der Waals surface area contributed by atoms with Crippen LogP contribution in [0.4, 0.5) is 4.39 Å². The van der Waals surface area contributed by atoms with Crippen molar-refractivity contribution in [1.29, 1.82) is 0 Å². The summed E-state index contributed by atoms with van der Waals surface area (Å²) in [5, 5.41) is 20.9. The molecule has 4 fully saturated rings. The molecule has 0 aliphatic heterocycles. The van der Waals surface area contributed by atoms with Crippen LogP contribution in [0.1, 0.15) is 91.9 Å². The summed E-state index contributed by atoms with van der Waals surface area (Å²) in [5.74, 6) is -2.10. The number of halogens is 1. The smallest absolute Gasteiger partial charge is 0.306 e. The van der Waals surface area contributed by atoms with Crippen molar-refractivity contribution in [1.82, 2.24) is 0 Å². The molecule has 0 aromatic rings. The Morgan fingerprint density at radius 3 is 2.50 bits per heavy atom. The van der Waals surface area contributed by atoms with Gasteiger partial charge in [-0.1, -0.05) is 34.1 Å². The molecule has 0 unspecified atom stereocenters. The molecular formula is C27H41FO6. The van der Waals surface area contributed by atoms with E-state index in [9.17, 15) is 24.6 Å². The van der Waals surface area contributed by atoms with E-state index in [1.54, 1.807) is 0 Å². The number of rotatable bonds is 6. The van der Waals surface area contributed by atoms with Gasteiger partial charge in [-0.15, -0.1) is 0 Å². The van der Waals surface area contributed by atoms with E-state index >= 15 is 4.39 Å². The molecule has 4 rings (SSSR count). The molecular weight excluding hydrogens is 439 g/mol. The van der Waals surface area contributed by atoms with Gasteiger partial charge in [0.25, 0.3) is 0 Å². The van der Waals surface area contributed by atoms with Gasteiger partial charge >= 0.3 is 5.97 Å². The van der Waals surface area contributed by atoms with Crippen molar-refractivity contribution in [3.63, 3.8) is 0 Å². The zero-order chi connectivity index (χ0) is 25.1. The number of ether oxygens (including phenoxy) is 1. The molecule has 7 heteroatoms. The van der Waals surface area contributed by atoms with Crippen molar-refractivity contribution in [2.75, 3.05) is 6.61 Å². The maximum Gasteiger partial charge on any atom is 0.306 e. The second kappa shape index (κ2) is 8.65. The quantitative estimate of drug-likeness (QED) is 0.559. The number of carbonyl (C=O) groups excluding carboxylic acids is 3. The number of aliphatic hydroxyl groups is 2. The summed E-state index contributed by atoms with van der Waals surface area (Å²) in [5.41, 5.74) is -4.95. The standard InChI is InChI=1S/C27H41FO6/c1-5-6-7-23(33)34-27(22(32)15-29)16(2)12-20-19-9-8-17-13-18(30)14-21(31)25(17,4)26(19,28)11-10-24(20,27)3/h16-17,19-21,29,31H,5-15H2,1-4H3/t16-,17-,19+,20+,21-,24+,25-,26-,27+/m1/s1. The van der Waals surface area contributed by atoms with Gasteiger partial charge in [-0.2, -0.15) is 0 Å². The molecule has 0 amide bonds. The lowest BCUT2D eigenvalue weighted by molar-refractivity contribution is -0.240. The maximum absolute atomic E-state index is 17.3. The normalized spacial score (nSPS) is 48.0. The largest absolute Gasteiger partial charge is 0.450 e. The topological polar surface area (TPSA) is 101 Å². The van der Waals surface area contributed by atoms with Gasteiger partial charge in [0, 0.05) is 36.0 Å². The Bertz CT molecular complexity index is 860. The Hall–Kier alpha value is -1.34. The molecule has 4 saturated carbocycles. The lowest BCUT2D eigenvalue weighted by Gasteiger charge is -2.64. The van der Waals surface area contributed by atoms with E-state index < -0.39 is 52.5 Å². The fourth-order valence-corrected chi connectivity index (χ4v) is 8.87. The monoisotopic (exact) mass is 480 g/mol. The van der Waals surface area contributed by atoms with Crippen LogP contribution in [0.25, 0.3) is 0 Å². The third kappa shape index (κ3) is 3.21. The predicted molar refractivity (Wildman–Crippen MR) is 123 cm³/mol. The minimum absolute atomic E-state index is 0.00119. The summed E-state index contributed by atoms with van der Waals surface area (Å²) in [6, 6.07) is 0. The van der Waals surface area contributed by atoms with Gasteiger partial charge in [-0.05, 0) is 56.3 Å². The first-order chi connectivity index (χ1) is 15.9. The van der Waals surface area contributed by atoms with Gasteiger partial charge in [0.2, 0.25) is 5.78 Å². The molecule has 34 heavy (non-hydrogen) atoms. The molecule has 9 atom stereocenters. The fraction of sp³-hybridized carbons (Fsp3) is 0.889. The van der Waals surface area contributed by atoms with E-state index in [4.69, 9.17) is 4.74 Å². The van der Waals surface area contributed by atoms with Crippen molar-refractivity contribution in [3.8, 4) is 0 Å². The van der Waals surface area contributed by atoms with Crippen molar-refractivity contribution in [3.05, 3.63) is 0 Å². The van der Waals surface area contributed by atoms with Crippen LogP contribution in [-0.2, 0) is 19.1 Å². The van der Waals surface area contributed by atoms with Gasteiger partial charge in [0.05, 0.1) is 6.10 Å². The fourth-order valence-electron chi connectivity index (χ4n) is 8.87. The van der Waals surface area contributed by atoms with Crippen molar-refractivity contribution >= 4 is 17.5 Å². The Kier molecular flexibility index (Phi) is 6.55. The molecule has 0 spiro atoms. The highest BCUT2D eigenvalue weighted by Gasteiger charge is 2.76. The van der Waals surface area contributed by atoms with Crippen LogP contribution in [0.15, 0.2) is 0 Å². The third-order valence-corrected chi connectivity index (χ3v) is 10.8. The highest BCUT2D eigenvalue weighted by atomic mass is 19.1. The van der Waals surface area contributed by atoms with E-state index in [1.165, 1.54) is 0 Å². The number of hydrogen-bond acceptors (Lipinski definition) is 6. The number of aliphatic hydroxyl groups excluding tert-OH is 2. The van der Waals surface area contributed by atoms with Crippen LogP contribution in [0, 0.1) is 34.5 Å². The van der Waals surface area contributed by atoms with E-state index in [0.29, 0.717) is 38.5 Å². The van der Waals surface area contributed by atoms with Gasteiger partial charge in [0.1, 0.15) is 18.1 Å². The molecule has 0 aromatic carbocycles. The lowest BCUT2D eigenvalue weighted by Crippen LogP contribution is -2.69. The SMILES string of the molecule is CCCCC(=O)O[C@]1(C(=O)CO)[C@H](C)C[C@H]2[C@@H]3CC[C@@H]4CC(=O)C[C@@H](O)[C@]4(C)[C@@]3(F)CC[C@@]21C. The first kappa shape index (κ1) is 25.7. The van der Waals surface area contributed by atoms with Gasteiger partial charge < -0.3 is 14.9 Å². The summed E-state index contributed by atoms with van der Waals surface area (Å²) >= 11 is 0. The Labute approximate surface area is 202 Å². The number of fused-ring (bicyclic) bond motifs is 5. The molecule has 6 nitrogen and oxygen atoms in total. The van der Waals surface area contributed by atoms with Crippen LogP contribution in [0.5, 0.6) is 0 Å². The molecule has 0 heterocycles. The van der Waals surface area contributed by atoms with E-state index in [0.717, 1.165) is 6.42 Å².